The summed E-state index contributed by atoms with van der Waals surface area (Å²) in [5.74, 6) is -0.149. The van der Waals surface area contributed by atoms with Crippen molar-refractivity contribution < 1.29 is 4.39 Å². The molecule has 102 valence electrons. The van der Waals surface area contributed by atoms with Crippen molar-refractivity contribution in [1.29, 1.82) is 0 Å². The zero-order chi connectivity index (χ0) is 13.4. The van der Waals surface area contributed by atoms with Crippen LogP contribution in [0.5, 0.6) is 0 Å². The summed E-state index contributed by atoms with van der Waals surface area (Å²) in [6.07, 6.45) is 5.51. The third-order valence-electron chi connectivity index (χ3n) is 3.18. The molecule has 1 rings (SSSR count). The Morgan fingerprint density at radius 2 is 2.11 bits per heavy atom. The molecule has 3 heteroatoms. The van der Waals surface area contributed by atoms with Gasteiger partial charge in [-0.15, -0.1) is 0 Å². The molecule has 0 radical (unpaired) electrons. The lowest BCUT2D eigenvalue weighted by Crippen LogP contribution is -2.29. The molecule has 1 atom stereocenters. The van der Waals surface area contributed by atoms with E-state index in [1.54, 1.807) is 12.1 Å². The van der Waals surface area contributed by atoms with Crippen LogP contribution in [0.3, 0.4) is 0 Å². The molecule has 1 nitrogen and oxygen atoms in total. The molecule has 1 N–H and O–H groups in total. The van der Waals surface area contributed by atoms with Crippen LogP contribution >= 0.6 is 15.9 Å². The minimum atomic E-state index is -0.149. The maximum atomic E-state index is 13.1. The fraction of sp³-hybridized carbons (Fsp3) is 0.600. The summed E-state index contributed by atoms with van der Waals surface area (Å²) in [5.41, 5.74) is 1.07. The zero-order valence-electron chi connectivity index (χ0n) is 11.3. The summed E-state index contributed by atoms with van der Waals surface area (Å²) in [6, 6.07) is 5.50. The molecule has 0 aromatic heterocycles. The Hall–Kier alpha value is -0.410. The molecule has 1 aromatic carbocycles. The zero-order valence-corrected chi connectivity index (χ0v) is 12.9. The Bertz CT molecular complexity index is 354. The van der Waals surface area contributed by atoms with Crippen molar-refractivity contribution in [2.24, 2.45) is 0 Å². The highest BCUT2D eigenvalue weighted by molar-refractivity contribution is 9.10. The Labute approximate surface area is 118 Å². The SMILES string of the molecule is CCCNC(CC)CCCc1cc(F)ccc1Br. The first-order chi connectivity index (χ1) is 8.67. The highest BCUT2D eigenvalue weighted by Crippen LogP contribution is 2.20. The number of benzene rings is 1. The van der Waals surface area contributed by atoms with Crippen molar-refractivity contribution in [3.05, 3.63) is 34.1 Å². The minimum Gasteiger partial charge on any atom is -0.314 e. The highest BCUT2D eigenvalue weighted by Gasteiger charge is 2.06. The van der Waals surface area contributed by atoms with Gasteiger partial charge in [0.15, 0.2) is 0 Å². The Morgan fingerprint density at radius 1 is 1.33 bits per heavy atom. The average molecular weight is 316 g/mol. The quantitative estimate of drug-likeness (QED) is 0.734. The molecular weight excluding hydrogens is 293 g/mol. The summed E-state index contributed by atoms with van der Waals surface area (Å²) < 4.78 is 14.1. The van der Waals surface area contributed by atoms with E-state index in [1.807, 2.05) is 0 Å². The van der Waals surface area contributed by atoms with Crippen LogP contribution in [0, 0.1) is 5.82 Å². The second-order valence-corrected chi connectivity index (χ2v) is 5.54. The fourth-order valence-electron chi connectivity index (χ4n) is 2.07. The lowest BCUT2D eigenvalue weighted by atomic mass is 10.0. The van der Waals surface area contributed by atoms with E-state index < -0.39 is 0 Å². The lowest BCUT2D eigenvalue weighted by Gasteiger charge is -2.16. The average Bonchev–Trinajstić information content (AvgIpc) is 2.37. The van der Waals surface area contributed by atoms with Gasteiger partial charge in [-0.1, -0.05) is 29.8 Å². The minimum absolute atomic E-state index is 0.149. The summed E-state index contributed by atoms with van der Waals surface area (Å²) in [5, 5.41) is 3.55. The second kappa shape index (κ2) is 8.65. The standard InChI is InChI=1S/C15H23BrFN/c1-3-10-18-14(4-2)7-5-6-12-11-13(17)8-9-15(12)16/h8-9,11,14,18H,3-7,10H2,1-2H3. The molecule has 18 heavy (non-hydrogen) atoms. The van der Waals surface area contributed by atoms with Gasteiger partial charge >= 0.3 is 0 Å². The van der Waals surface area contributed by atoms with Crippen molar-refractivity contribution in [2.75, 3.05) is 6.54 Å². The third-order valence-corrected chi connectivity index (χ3v) is 3.96. The van der Waals surface area contributed by atoms with Gasteiger partial charge in [-0.25, -0.2) is 4.39 Å². The van der Waals surface area contributed by atoms with Crippen molar-refractivity contribution in [3.8, 4) is 0 Å². The van der Waals surface area contributed by atoms with E-state index in [2.05, 4.69) is 35.1 Å². The molecule has 0 bridgehead atoms. The topological polar surface area (TPSA) is 12.0 Å². The van der Waals surface area contributed by atoms with Gasteiger partial charge in [-0.3, -0.25) is 0 Å². The van der Waals surface area contributed by atoms with Crippen molar-refractivity contribution >= 4 is 15.9 Å². The largest absolute Gasteiger partial charge is 0.314 e. The van der Waals surface area contributed by atoms with Gasteiger partial charge in [-0.05, 0) is 62.4 Å². The maximum absolute atomic E-state index is 13.1. The van der Waals surface area contributed by atoms with Crippen LogP contribution in [0.1, 0.15) is 45.1 Å². The van der Waals surface area contributed by atoms with Crippen LogP contribution in [-0.2, 0) is 6.42 Å². The fourth-order valence-corrected chi connectivity index (χ4v) is 2.52. The number of aryl methyl sites for hydroxylation is 1. The van der Waals surface area contributed by atoms with Crippen LogP contribution in [0.15, 0.2) is 22.7 Å². The van der Waals surface area contributed by atoms with Crippen molar-refractivity contribution in [1.82, 2.24) is 5.32 Å². The first kappa shape index (κ1) is 15.6. The van der Waals surface area contributed by atoms with Crippen LogP contribution in [0.4, 0.5) is 4.39 Å². The molecule has 1 aromatic rings. The lowest BCUT2D eigenvalue weighted by molar-refractivity contribution is 0.455. The predicted molar refractivity (Wildman–Crippen MR) is 79.4 cm³/mol. The van der Waals surface area contributed by atoms with Crippen LogP contribution in [-0.4, -0.2) is 12.6 Å². The molecule has 0 heterocycles. The van der Waals surface area contributed by atoms with Gasteiger partial charge in [0.2, 0.25) is 0 Å². The van der Waals surface area contributed by atoms with Gasteiger partial charge in [0.25, 0.3) is 0 Å². The third kappa shape index (κ3) is 5.49. The van der Waals surface area contributed by atoms with E-state index >= 15 is 0 Å². The van der Waals surface area contributed by atoms with Crippen LogP contribution in [0.2, 0.25) is 0 Å². The Morgan fingerprint density at radius 3 is 2.78 bits per heavy atom. The van der Waals surface area contributed by atoms with E-state index in [4.69, 9.17) is 0 Å². The van der Waals surface area contributed by atoms with Gasteiger partial charge in [0.1, 0.15) is 5.82 Å². The molecule has 0 amide bonds. The molecule has 0 saturated heterocycles. The molecule has 0 aliphatic rings. The molecule has 0 fully saturated rings. The van der Waals surface area contributed by atoms with Gasteiger partial charge < -0.3 is 5.32 Å². The maximum Gasteiger partial charge on any atom is 0.123 e. The Balaban J connectivity index is 2.37. The number of rotatable bonds is 8. The highest BCUT2D eigenvalue weighted by atomic mass is 79.9. The van der Waals surface area contributed by atoms with E-state index in [0.717, 1.165) is 42.3 Å². The van der Waals surface area contributed by atoms with E-state index in [9.17, 15) is 4.39 Å². The summed E-state index contributed by atoms with van der Waals surface area (Å²) in [4.78, 5) is 0. The number of hydrogen-bond acceptors (Lipinski definition) is 1. The summed E-state index contributed by atoms with van der Waals surface area (Å²) in [7, 11) is 0. The Kier molecular flexibility index (Phi) is 7.52. The summed E-state index contributed by atoms with van der Waals surface area (Å²) in [6.45, 7) is 5.48. The van der Waals surface area contributed by atoms with Gasteiger partial charge in [0, 0.05) is 10.5 Å². The van der Waals surface area contributed by atoms with Gasteiger partial charge in [0.05, 0.1) is 0 Å². The smallest absolute Gasteiger partial charge is 0.123 e. The van der Waals surface area contributed by atoms with Crippen LogP contribution in [0.25, 0.3) is 0 Å². The molecule has 1 unspecified atom stereocenters. The molecule has 0 aliphatic heterocycles. The molecule has 0 aliphatic carbocycles. The number of hydrogen-bond donors (Lipinski definition) is 1. The van der Waals surface area contributed by atoms with Crippen molar-refractivity contribution in [3.63, 3.8) is 0 Å². The molecular formula is C15H23BrFN. The van der Waals surface area contributed by atoms with E-state index in [0.29, 0.717) is 6.04 Å². The monoisotopic (exact) mass is 315 g/mol. The normalized spacial score (nSPS) is 12.7. The summed E-state index contributed by atoms with van der Waals surface area (Å²) >= 11 is 3.47. The predicted octanol–water partition coefficient (Wildman–Crippen LogP) is 4.69. The first-order valence-electron chi connectivity index (χ1n) is 6.84. The van der Waals surface area contributed by atoms with E-state index in [1.165, 1.54) is 12.5 Å². The van der Waals surface area contributed by atoms with Gasteiger partial charge in [-0.2, -0.15) is 0 Å². The number of nitrogens with one attached hydrogen (secondary N) is 1. The first-order valence-corrected chi connectivity index (χ1v) is 7.64. The molecule has 0 saturated carbocycles. The second-order valence-electron chi connectivity index (χ2n) is 4.69. The van der Waals surface area contributed by atoms with E-state index in [-0.39, 0.29) is 5.82 Å². The van der Waals surface area contributed by atoms with Crippen LogP contribution < -0.4 is 5.32 Å². The van der Waals surface area contributed by atoms with Crippen molar-refractivity contribution in [2.45, 2.75) is 52.0 Å². The number of halogens is 2. The molecule has 0 spiro atoms.